The molecule has 0 aliphatic rings. The van der Waals surface area contributed by atoms with Gasteiger partial charge in [0.1, 0.15) is 11.6 Å². The average Bonchev–Trinajstić information content (AvgIpc) is 2.40. The van der Waals surface area contributed by atoms with Crippen molar-refractivity contribution >= 4 is 5.69 Å². The van der Waals surface area contributed by atoms with Crippen LogP contribution in [0.1, 0.15) is 25.5 Å². The topological polar surface area (TPSA) is 12.0 Å². The van der Waals surface area contributed by atoms with Crippen LogP contribution in [0.5, 0.6) is 0 Å². The highest BCUT2D eigenvalue weighted by Gasteiger charge is 2.17. The molecular weight excluding hydrogens is 244 g/mol. The summed E-state index contributed by atoms with van der Waals surface area (Å²) in [6, 6.07) is 13.2. The molecule has 0 aliphatic heterocycles. The van der Waals surface area contributed by atoms with Crippen molar-refractivity contribution in [2.24, 2.45) is 5.92 Å². The maximum absolute atomic E-state index is 13.7. The molecule has 0 saturated heterocycles. The Bertz CT molecular complexity index is 538. The summed E-state index contributed by atoms with van der Waals surface area (Å²) < 4.78 is 26.9. The molecule has 0 spiro atoms. The van der Waals surface area contributed by atoms with E-state index < -0.39 is 11.6 Å². The van der Waals surface area contributed by atoms with Crippen LogP contribution in [-0.4, -0.2) is 0 Å². The standard InChI is InChI=1S/C16H17F2N/c1-11(2)16(12-6-4-3-5-7-12)19-15-10-13(17)8-9-14(15)18/h3-11,16,19H,1-2H3. The summed E-state index contributed by atoms with van der Waals surface area (Å²) in [4.78, 5) is 0. The van der Waals surface area contributed by atoms with Gasteiger partial charge in [-0.1, -0.05) is 44.2 Å². The van der Waals surface area contributed by atoms with Gasteiger partial charge in [-0.3, -0.25) is 0 Å². The number of halogens is 2. The minimum absolute atomic E-state index is 0.0579. The molecule has 2 aromatic carbocycles. The predicted octanol–water partition coefficient (Wildman–Crippen LogP) is 4.77. The van der Waals surface area contributed by atoms with E-state index in [1.807, 2.05) is 44.2 Å². The van der Waals surface area contributed by atoms with E-state index in [1.54, 1.807) is 0 Å². The Balaban J connectivity index is 2.29. The molecule has 0 heterocycles. The summed E-state index contributed by atoms with van der Waals surface area (Å²) in [5, 5.41) is 3.09. The molecule has 1 atom stereocenters. The molecule has 3 heteroatoms. The van der Waals surface area contributed by atoms with Crippen LogP contribution in [0.15, 0.2) is 48.5 Å². The molecule has 0 saturated carbocycles. The van der Waals surface area contributed by atoms with Crippen molar-refractivity contribution in [2.45, 2.75) is 19.9 Å². The van der Waals surface area contributed by atoms with E-state index in [9.17, 15) is 8.78 Å². The molecule has 2 rings (SSSR count). The molecule has 0 radical (unpaired) electrons. The second-order valence-electron chi connectivity index (χ2n) is 4.90. The number of nitrogens with one attached hydrogen (secondary N) is 1. The molecule has 0 amide bonds. The van der Waals surface area contributed by atoms with Crippen molar-refractivity contribution in [2.75, 3.05) is 5.32 Å². The quantitative estimate of drug-likeness (QED) is 0.835. The van der Waals surface area contributed by atoms with Gasteiger partial charge in [0.25, 0.3) is 0 Å². The van der Waals surface area contributed by atoms with Crippen molar-refractivity contribution < 1.29 is 8.78 Å². The zero-order valence-electron chi connectivity index (χ0n) is 11.0. The largest absolute Gasteiger partial charge is 0.376 e. The molecule has 1 N–H and O–H groups in total. The van der Waals surface area contributed by atoms with Gasteiger partial charge in [-0.05, 0) is 29.7 Å². The lowest BCUT2D eigenvalue weighted by Gasteiger charge is -2.24. The number of anilines is 1. The van der Waals surface area contributed by atoms with Gasteiger partial charge in [-0.25, -0.2) is 8.78 Å². The van der Waals surface area contributed by atoms with Crippen molar-refractivity contribution in [3.8, 4) is 0 Å². The molecule has 1 unspecified atom stereocenters. The zero-order valence-corrected chi connectivity index (χ0v) is 11.0. The number of benzene rings is 2. The first-order chi connectivity index (χ1) is 9.08. The van der Waals surface area contributed by atoms with E-state index in [2.05, 4.69) is 5.32 Å². The van der Waals surface area contributed by atoms with E-state index in [1.165, 1.54) is 6.07 Å². The highest BCUT2D eigenvalue weighted by Crippen LogP contribution is 2.28. The van der Waals surface area contributed by atoms with Crippen LogP contribution in [0.25, 0.3) is 0 Å². The molecule has 19 heavy (non-hydrogen) atoms. The third-order valence-corrected chi connectivity index (χ3v) is 3.06. The minimum Gasteiger partial charge on any atom is -0.376 e. The van der Waals surface area contributed by atoms with Crippen molar-refractivity contribution in [1.29, 1.82) is 0 Å². The van der Waals surface area contributed by atoms with Gasteiger partial charge in [0.15, 0.2) is 0 Å². The van der Waals surface area contributed by atoms with Crippen LogP contribution in [-0.2, 0) is 0 Å². The number of hydrogen-bond donors (Lipinski definition) is 1. The van der Waals surface area contributed by atoms with Crippen LogP contribution in [0.4, 0.5) is 14.5 Å². The number of rotatable bonds is 4. The van der Waals surface area contributed by atoms with E-state index in [4.69, 9.17) is 0 Å². The van der Waals surface area contributed by atoms with Crippen molar-refractivity contribution in [3.63, 3.8) is 0 Å². The average molecular weight is 261 g/mol. The highest BCUT2D eigenvalue weighted by molar-refractivity contribution is 5.47. The first-order valence-corrected chi connectivity index (χ1v) is 6.34. The van der Waals surface area contributed by atoms with Gasteiger partial charge in [-0.15, -0.1) is 0 Å². The first kappa shape index (κ1) is 13.5. The van der Waals surface area contributed by atoms with Crippen LogP contribution in [0.2, 0.25) is 0 Å². The Morgan fingerprint density at radius 2 is 1.63 bits per heavy atom. The Hall–Kier alpha value is -1.90. The SMILES string of the molecule is CC(C)C(Nc1cc(F)ccc1F)c1ccccc1. The summed E-state index contributed by atoms with van der Waals surface area (Å²) in [7, 11) is 0. The Morgan fingerprint density at radius 1 is 0.947 bits per heavy atom. The molecule has 0 aromatic heterocycles. The first-order valence-electron chi connectivity index (χ1n) is 6.34. The lowest BCUT2D eigenvalue weighted by Crippen LogP contribution is -2.17. The van der Waals surface area contributed by atoms with Gasteiger partial charge in [-0.2, -0.15) is 0 Å². The summed E-state index contributed by atoms with van der Waals surface area (Å²) in [6.45, 7) is 4.09. The second-order valence-corrected chi connectivity index (χ2v) is 4.90. The molecule has 0 bridgehead atoms. The second kappa shape index (κ2) is 5.83. The zero-order chi connectivity index (χ0) is 13.8. The molecule has 1 nitrogen and oxygen atoms in total. The Kier molecular flexibility index (Phi) is 4.15. The lowest BCUT2D eigenvalue weighted by molar-refractivity contribution is 0.537. The monoisotopic (exact) mass is 261 g/mol. The molecular formula is C16H17F2N. The third-order valence-electron chi connectivity index (χ3n) is 3.06. The van der Waals surface area contributed by atoms with E-state index in [-0.39, 0.29) is 17.6 Å². The summed E-state index contributed by atoms with van der Waals surface area (Å²) in [5.41, 5.74) is 1.25. The highest BCUT2D eigenvalue weighted by atomic mass is 19.1. The van der Waals surface area contributed by atoms with Gasteiger partial charge < -0.3 is 5.32 Å². The van der Waals surface area contributed by atoms with Gasteiger partial charge in [0, 0.05) is 0 Å². The summed E-state index contributed by atoms with van der Waals surface area (Å²) in [5.74, 6) is -0.632. The van der Waals surface area contributed by atoms with Crippen LogP contribution in [0.3, 0.4) is 0 Å². The van der Waals surface area contributed by atoms with Crippen LogP contribution in [0, 0.1) is 17.6 Å². The fraction of sp³-hybridized carbons (Fsp3) is 0.250. The van der Waals surface area contributed by atoms with Crippen LogP contribution < -0.4 is 5.32 Å². The molecule has 0 fully saturated rings. The Morgan fingerprint density at radius 3 is 2.26 bits per heavy atom. The predicted molar refractivity (Wildman–Crippen MR) is 74.0 cm³/mol. The molecule has 2 aromatic rings. The van der Waals surface area contributed by atoms with E-state index >= 15 is 0 Å². The van der Waals surface area contributed by atoms with Crippen LogP contribution >= 0.6 is 0 Å². The summed E-state index contributed by atoms with van der Waals surface area (Å²) >= 11 is 0. The Labute approximate surface area is 112 Å². The molecule has 100 valence electrons. The van der Waals surface area contributed by atoms with Crippen molar-refractivity contribution in [1.82, 2.24) is 0 Å². The fourth-order valence-corrected chi connectivity index (χ4v) is 2.07. The van der Waals surface area contributed by atoms with Gasteiger partial charge in [0.2, 0.25) is 0 Å². The normalized spacial score (nSPS) is 12.5. The third kappa shape index (κ3) is 3.31. The smallest absolute Gasteiger partial charge is 0.146 e. The summed E-state index contributed by atoms with van der Waals surface area (Å²) in [6.07, 6.45) is 0. The van der Waals surface area contributed by atoms with Gasteiger partial charge >= 0.3 is 0 Å². The van der Waals surface area contributed by atoms with E-state index in [0.717, 1.165) is 17.7 Å². The fourth-order valence-electron chi connectivity index (χ4n) is 2.07. The maximum Gasteiger partial charge on any atom is 0.146 e. The van der Waals surface area contributed by atoms with E-state index in [0.29, 0.717) is 0 Å². The van der Waals surface area contributed by atoms with Gasteiger partial charge in [0.05, 0.1) is 11.7 Å². The van der Waals surface area contributed by atoms with Crippen molar-refractivity contribution in [3.05, 3.63) is 65.7 Å². The maximum atomic E-state index is 13.7. The minimum atomic E-state index is -0.445. The molecule has 0 aliphatic carbocycles. The lowest BCUT2D eigenvalue weighted by atomic mass is 9.96. The number of hydrogen-bond acceptors (Lipinski definition) is 1.